The largest absolute Gasteiger partial charge is 0.317 e. The van der Waals surface area contributed by atoms with Gasteiger partial charge in [0.15, 0.2) is 0 Å². The van der Waals surface area contributed by atoms with Crippen LogP contribution in [0.1, 0.15) is 16.7 Å². The molecular formula is C83H55N3S2. The molecule has 0 saturated carbocycles. The molecule has 18 aromatic rings. The predicted octanol–water partition coefficient (Wildman–Crippen LogP) is 23.3. The zero-order chi connectivity index (χ0) is 58.0. The van der Waals surface area contributed by atoms with Crippen molar-refractivity contribution in [1.82, 2.24) is 13.7 Å². The van der Waals surface area contributed by atoms with Crippen molar-refractivity contribution in [2.75, 3.05) is 0 Å². The lowest BCUT2D eigenvalue weighted by atomic mass is 9.88. The van der Waals surface area contributed by atoms with E-state index in [1.165, 1.54) is 173 Å². The lowest BCUT2D eigenvalue weighted by Crippen LogP contribution is -1.97. The summed E-state index contributed by atoms with van der Waals surface area (Å²) in [4.78, 5) is 0. The van der Waals surface area contributed by atoms with Gasteiger partial charge in [0.05, 0.1) is 39.0 Å². The van der Waals surface area contributed by atoms with Crippen LogP contribution in [0.15, 0.2) is 291 Å². The third-order valence-electron chi connectivity index (χ3n) is 18.6. The van der Waals surface area contributed by atoms with Gasteiger partial charge in [-0.15, -0.1) is 22.7 Å². The summed E-state index contributed by atoms with van der Waals surface area (Å²) in [6, 6.07) is 106. The van der Waals surface area contributed by atoms with Crippen LogP contribution in [0.2, 0.25) is 0 Å². The molecule has 414 valence electrons. The van der Waals surface area contributed by atoms with Crippen molar-refractivity contribution in [1.29, 1.82) is 0 Å². The van der Waals surface area contributed by atoms with Crippen LogP contribution in [-0.4, -0.2) is 13.7 Å². The minimum absolute atomic E-state index is 0.946. The molecule has 3 nitrogen and oxygen atoms in total. The zero-order valence-corrected chi connectivity index (χ0v) is 49.9. The standard InChI is InChI=1S/C83H55N3S2/c1-52-47-59(35-39-62(52)68-49-56(34-33-54(68)32-31-53-17-4-2-5-18-53)55-36-41-71-60(48-55)45-46-84(71)61-19-6-3-7-20-61)63-40-44-77(82-67-24-11-15-29-79(67)88-83(63)82)86-73-26-13-9-22-65(73)70-51-58(38-43-75(70)86)57-37-42-74-69(50-57)64-21-8-12-25-72(64)85(74)76-27-16-30-80-81(76)66-23-10-14-28-78(66)87-80/h2-30,33-51H,31-32H2,1H3. The number of aromatic nitrogens is 3. The predicted molar refractivity (Wildman–Crippen MR) is 378 cm³/mol. The van der Waals surface area contributed by atoms with Gasteiger partial charge in [-0.2, -0.15) is 0 Å². The number of para-hydroxylation sites is 3. The summed E-state index contributed by atoms with van der Waals surface area (Å²) >= 11 is 3.78. The van der Waals surface area contributed by atoms with E-state index in [9.17, 15) is 0 Å². The van der Waals surface area contributed by atoms with Crippen molar-refractivity contribution >= 4 is 118 Å². The number of fused-ring (bicyclic) bond motifs is 13. The van der Waals surface area contributed by atoms with Crippen LogP contribution in [0.3, 0.4) is 0 Å². The van der Waals surface area contributed by atoms with Crippen LogP contribution >= 0.6 is 22.7 Å². The molecule has 0 unspecified atom stereocenters. The number of benzene rings is 13. The van der Waals surface area contributed by atoms with E-state index in [1.54, 1.807) is 0 Å². The minimum atomic E-state index is 0.946. The van der Waals surface area contributed by atoms with Gasteiger partial charge >= 0.3 is 0 Å². The first kappa shape index (κ1) is 50.7. The smallest absolute Gasteiger partial charge is 0.0555 e. The van der Waals surface area contributed by atoms with Gasteiger partial charge < -0.3 is 13.7 Å². The summed E-state index contributed by atoms with van der Waals surface area (Å²) < 4.78 is 12.5. The van der Waals surface area contributed by atoms with E-state index in [-0.39, 0.29) is 0 Å². The summed E-state index contributed by atoms with van der Waals surface area (Å²) in [6.07, 6.45) is 4.10. The van der Waals surface area contributed by atoms with Crippen molar-refractivity contribution in [3.05, 3.63) is 308 Å². The Balaban J connectivity index is 0.740. The molecule has 5 aromatic heterocycles. The molecule has 5 heterocycles. The maximum atomic E-state index is 2.53. The molecule has 0 saturated heterocycles. The first-order valence-corrected chi connectivity index (χ1v) is 32.1. The van der Waals surface area contributed by atoms with Crippen molar-refractivity contribution in [3.8, 4) is 61.6 Å². The van der Waals surface area contributed by atoms with Gasteiger partial charge in [0.2, 0.25) is 0 Å². The maximum absolute atomic E-state index is 2.53. The average Bonchev–Trinajstić information content (AvgIpc) is 1.60. The second kappa shape index (κ2) is 20.3. The Morgan fingerprint density at radius 2 is 0.852 bits per heavy atom. The molecule has 13 aromatic carbocycles. The Morgan fingerprint density at radius 1 is 0.318 bits per heavy atom. The average molecular weight is 1160 g/mol. The number of thiophene rings is 2. The maximum Gasteiger partial charge on any atom is 0.0555 e. The van der Waals surface area contributed by atoms with Gasteiger partial charge in [-0.25, -0.2) is 0 Å². The van der Waals surface area contributed by atoms with E-state index in [1.807, 2.05) is 22.7 Å². The summed E-state index contributed by atoms with van der Waals surface area (Å²) in [7, 11) is 0. The Labute approximate surface area is 517 Å². The van der Waals surface area contributed by atoms with Crippen molar-refractivity contribution in [2.45, 2.75) is 19.8 Å². The van der Waals surface area contributed by atoms with Crippen LogP contribution in [0.4, 0.5) is 0 Å². The number of nitrogens with zero attached hydrogens (tertiary/aromatic N) is 3. The van der Waals surface area contributed by atoms with E-state index < -0.39 is 0 Å². The third kappa shape index (κ3) is 8.08. The molecule has 0 aliphatic heterocycles. The van der Waals surface area contributed by atoms with E-state index in [2.05, 4.69) is 312 Å². The van der Waals surface area contributed by atoms with Crippen LogP contribution in [-0.2, 0) is 12.8 Å². The fraction of sp³-hybridized carbons (Fsp3) is 0.0361. The monoisotopic (exact) mass is 1160 g/mol. The Bertz CT molecular complexity index is 5830. The molecule has 0 fully saturated rings. The normalized spacial score (nSPS) is 12.0. The number of rotatable bonds is 10. The Hall–Kier alpha value is -10.6. The van der Waals surface area contributed by atoms with Crippen LogP contribution < -0.4 is 0 Å². The third-order valence-corrected chi connectivity index (χ3v) is 20.9. The van der Waals surface area contributed by atoms with E-state index >= 15 is 0 Å². The minimum Gasteiger partial charge on any atom is -0.317 e. The van der Waals surface area contributed by atoms with Gasteiger partial charge in [0.1, 0.15) is 0 Å². The molecule has 5 heteroatoms. The Kier molecular flexibility index (Phi) is 11.7. The molecule has 0 aliphatic rings. The SMILES string of the molecule is Cc1cc(-c2ccc(-n3c4ccccc4c4cc(-c5ccc6c(c5)c5ccccc5n6-c5cccc6sc7ccccc7c56)ccc43)c3c2sc2ccccc23)ccc1-c1cc(-c2ccc3c(ccn3-c3ccccc3)c2)ccc1CCc1ccccc1. The highest BCUT2D eigenvalue weighted by Crippen LogP contribution is 2.48. The summed E-state index contributed by atoms with van der Waals surface area (Å²) in [5.74, 6) is 0. The molecule has 0 bridgehead atoms. The van der Waals surface area contributed by atoms with E-state index in [4.69, 9.17) is 0 Å². The number of aryl methyl sites for hydroxylation is 3. The van der Waals surface area contributed by atoms with Gasteiger partial charge in [0.25, 0.3) is 0 Å². The molecule has 0 amide bonds. The molecule has 0 atom stereocenters. The van der Waals surface area contributed by atoms with Gasteiger partial charge in [0, 0.05) is 79.2 Å². The number of hydrogen-bond donors (Lipinski definition) is 0. The van der Waals surface area contributed by atoms with Gasteiger partial charge in [-0.1, -0.05) is 182 Å². The first-order valence-electron chi connectivity index (χ1n) is 30.4. The zero-order valence-electron chi connectivity index (χ0n) is 48.3. The van der Waals surface area contributed by atoms with Crippen LogP contribution in [0.25, 0.3) is 156 Å². The first-order chi connectivity index (χ1) is 43.5. The second-order valence-electron chi connectivity index (χ2n) is 23.5. The molecule has 18 rings (SSSR count). The fourth-order valence-corrected chi connectivity index (χ4v) is 16.8. The summed E-state index contributed by atoms with van der Waals surface area (Å²) in [6.45, 7) is 2.30. The summed E-state index contributed by atoms with van der Waals surface area (Å²) in [5.41, 5.74) is 23.5. The lowest BCUT2D eigenvalue weighted by molar-refractivity contribution is 0.962. The summed E-state index contributed by atoms with van der Waals surface area (Å²) in [5, 5.41) is 11.4. The van der Waals surface area contributed by atoms with Gasteiger partial charge in [-0.05, 0) is 184 Å². The quantitative estimate of drug-likeness (QED) is 0.130. The second-order valence-corrected chi connectivity index (χ2v) is 25.7. The van der Waals surface area contributed by atoms with Crippen molar-refractivity contribution < 1.29 is 0 Å². The molecular weight excluding hydrogens is 1100 g/mol. The fourth-order valence-electron chi connectivity index (χ4n) is 14.4. The van der Waals surface area contributed by atoms with Crippen molar-refractivity contribution in [2.24, 2.45) is 0 Å². The number of hydrogen-bond acceptors (Lipinski definition) is 2. The Morgan fingerprint density at radius 3 is 1.56 bits per heavy atom. The van der Waals surface area contributed by atoms with E-state index in [0.29, 0.717) is 0 Å². The molecule has 0 radical (unpaired) electrons. The topological polar surface area (TPSA) is 14.8 Å². The van der Waals surface area contributed by atoms with E-state index in [0.717, 1.165) is 12.8 Å². The van der Waals surface area contributed by atoms with Crippen LogP contribution in [0.5, 0.6) is 0 Å². The van der Waals surface area contributed by atoms with Crippen LogP contribution in [0, 0.1) is 6.92 Å². The molecule has 0 spiro atoms. The van der Waals surface area contributed by atoms with Crippen molar-refractivity contribution in [3.63, 3.8) is 0 Å². The molecule has 0 N–H and O–H groups in total. The highest BCUT2D eigenvalue weighted by Gasteiger charge is 2.23. The highest BCUT2D eigenvalue weighted by molar-refractivity contribution is 7.26. The lowest BCUT2D eigenvalue weighted by Gasteiger charge is -2.17. The molecule has 0 aliphatic carbocycles. The van der Waals surface area contributed by atoms with Gasteiger partial charge in [-0.3, -0.25) is 0 Å². The highest BCUT2D eigenvalue weighted by atomic mass is 32.1. The molecule has 88 heavy (non-hydrogen) atoms.